The monoisotopic (exact) mass is 400 g/mol. The Morgan fingerprint density at radius 3 is 2.89 bits per heavy atom. The van der Waals surface area contributed by atoms with Crippen molar-refractivity contribution in [1.29, 1.82) is 0 Å². The molecule has 1 saturated carbocycles. The van der Waals surface area contributed by atoms with Crippen LogP contribution in [-0.2, 0) is 15.7 Å². The standard InChI is InChI=1S/C20H27F3N2O3/c1-3-4-5-7-13(2)18(26)28-19-11-14(12-25-19)10-16(19)27-17-15(20(21,22)23)8-6-9-24-17/h6,8-9,13-14,16,25H,3-5,7,10-12H2,1-2H3/t13?,14-,16-,19+/m1/s1. The number of pyridine rings is 1. The zero-order chi connectivity index (χ0) is 20.4. The SMILES string of the molecule is CCCCCC(C)C(=O)O[C@]12C[C@H](CN1)C[C@H]2Oc1ncccc1C(F)(F)F. The van der Waals surface area contributed by atoms with Crippen LogP contribution in [0.15, 0.2) is 18.3 Å². The summed E-state index contributed by atoms with van der Waals surface area (Å²) in [5, 5.41) is 3.17. The van der Waals surface area contributed by atoms with Gasteiger partial charge in [0.2, 0.25) is 11.6 Å². The van der Waals surface area contributed by atoms with Crippen molar-refractivity contribution in [3.05, 3.63) is 23.9 Å². The van der Waals surface area contributed by atoms with Crippen molar-refractivity contribution in [2.45, 2.75) is 70.4 Å². The predicted octanol–water partition coefficient (Wildman–Crippen LogP) is 4.32. The van der Waals surface area contributed by atoms with Gasteiger partial charge in [0, 0.05) is 19.2 Å². The molecule has 1 N–H and O–H groups in total. The number of unbranched alkanes of at least 4 members (excludes halogenated alkanes) is 2. The van der Waals surface area contributed by atoms with E-state index in [1.807, 2.05) is 6.92 Å². The molecule has 3 rings (SSSR count). The molecule has 0 radical (unpaired) electrons. The Hall–Kier alpha value is -1.83. The summed E-state index contributed by atoms with van der Waals surface area (Å²) in [7, 11) is 0. The molecule has 156 valence electrons. The molecule has 1 aliphatic carbocycles. The Bertz CT molecular complexity index is 698. The van der Waals surface area contributed by atoms with E-state index < -0.39 is 29.4 Å². The van der Waals surface area contributed by atoms with Gasteiger partial charge in [0.25, 0.3) is 0 Å². The number of nitrogens with one attached hydrogen (secondary N) is 1. The fraction of sp³-hybridized carbons (Fsp3) is 0.700. The highest BCUT2D eigenvalue weighted by Gasteiger charge is 2.57. The number of fused-ring (bicyclic) bond motifs is 2. The molecule has 28 heavy (non-hydrogen) atoms. The van der Waals surface area contributed by atoms with E-state index in [9.17, 15) is 18.0 Å². The number of esters is 1. The summed E-state index contributed by atoms with van der Waals surface area (Å²) < 4.78 is 51.2. The third-order valence-corrected chi connectivity index (χ3v) is 5.61. The molecular formula is C20H27F3N2O3. The number of halogens is 3. The van der Waals surface area contributed by atoms with Gasteiger partial charge in [0.05, 0.1) is 5.92 Å². The maximum atomic E-state index is 13.2. The van der Waals surface area contributed by atoms with Crippen molar-refractivity contribution >= 4 is 5.97 Å². The fourth-order valence-corrected chi connectivity index (χ4v) is 4.02. The van der Waals surface area contributed by atoms with Gasteiger partial charge < -0.3 is 9.47 Å². The van der Waals surface area contributed by atoms with E-state index in [1.165, 1.54) is 12.3 Å². The van der Waals surface area contributed by atoms with Gasteiger partial charge in [-0.3, -0.25) is 10.1 Å². The van der Waals surface area contributed by atoms with Crippen molar-refractivity contribution in [3.63, 3.8) is 0 Å². The number of ether oxygens (including phenoxy) is 2. The zero-order valence-corrected chi connectivity index (χ0v) is 16.2. The van der Waals surface area contributed by atoms with Gasteiger partial charge in [0.15, 0.2) is 6.10 Å². The van der Waals surface area contributed by atoms with E-state index in [0.717, 1.165) is 31.7 Å². The smallest absolute Gasteiger partial charge is 0.421 e. The van der Waals surface area contributed by atoms with Crippen LogP contribution in [0.25, 0.3) is 0 Å². The highest BCUT2D eigenvalue weighted by atomic mass is 19.4. The predicted molar refractivity (Wildman–Crippen MR) is 96.5 cm³/mol. The third kappa shape index (κ3) is 4.42. The number of hydrogen-bond acceptors (Lipinski definition) is 5. The second kappa shape index (κ2) is 8.27. The van der Waals surface area contributed by atoms with Crippen molar-refractivity contribution in [3.8, 4) is 5.88 Å². The number of carbonyl (C=O) groups is 1. The van der Waals surface area contributed by atoms with Crippen LogP contribution in [0.4, 0.5) is 13.2 Å². The van der Waals surface area contributed by atoms with E-state index in [0.29, 0.717) is 19.4 Å². The van der Waals surface area contributed by atoms with Gasteiger partial charge in [-0.25, -0.2) is 4.98 Å². The van der Waals surface area contributed by atoms with Gasteiger partial charge >= 0.3 is 12.1 Å². The Kier molecular flexibility index (Phi) is 6.17. The van der Waals surface area contributed by atoms with Crippen LogP contribution in [0.5, 0.6) is 5.88 Å². The summed E-state index contributed by atoms with van der Waals surface area (Å²) in [4.78, 5) is 16.4. The number of nitrogens with zero attached hydrogens (tertiary/aromatic N) is 1. The number of carbonyl (C=O) groups excluding carboxylic acids is 1. The molecular weight excluding hydrogens is 373 g/mol. The van der Waals surface area contributed by atoms with Crippen molar-refractivity contribution < 1.29 is 27.4 Å². The van der Waals surface area contributed by atoms with E-state index >= 15 is 0 Å². The quantitative estimate of drug-likeness (QED) is 0.520. The lowest BCUT2D eigenvalue weighted by Crippen LogP contribution is -2.56. The molecule has 0 spiro atoms. The van der Waals surface area contributed by atoms with Crippen molar-refractivity contribution in [2.75, 3.05) is 6.54 Å². The first-order valence-electron chi connectivity index (χ1n) is 9.92. The fourth-order valence-electron chi connectivity index (χ4n) is 4.02. The maximum absolute atomic E-state index is 13.2. The summed E-state index contributed by atoms with van der Waals surface area (Å²) in [5.41, 5.74) is -2.01. The average Bonchev–Trinajstić information content (AvgIpc) is 3.19. The van der Waals surface area contributed by atoms with Gasteiger partial charge in [-0.1, -0.05) is 33.1 Å². The molecule has 0 aromatic carbocycles. The number of piperidine rings is 1. The Labute approximate surface area is 163 Å². The number of hydrogen-bond donors (Lipinski definition) is 1. The molecule has 2 fully saturated rings. The van der Waals surface area contributed by atoms with Gasteiger partial charge in [-0.2, -0.15) is 13.2 Å². The molecule has 5 nitrogen and oxygen atoms in total. The third-order valence-electron chi connectivity index (χ3n) is 5.61. The second-order valence-electron chi connectivity index (χ2n) is 7.85. The highest BCUT2D eigenvalue weighted by molar-refractivity contribution is 5.72. The highest BCUT2D eigenvalue weighted by Crippen LogP contribution is 2.44. The first-order chi connectivity index (χ1) is 13.2. The van der Waals surface area contributed by atoms with E-state index in [1.54, 1.807) is 0 Å². The van der Waals surface area contributed by atoms with E-state index in [2.05, 4.69) is 17.2 Å². The summed E-state index contributed by atoms with van der Waals surface area (Å²) in [5.74, 6) is -0.868. The van der Waals surface area contributed by atoms with Crippen LogP contribution in [0.2, 0.25) is 0 Å². The average molecular weight is 400 g/mol. The Balaban J connectivity index is 1.72. The van der Waals surface area contributed by atoms with Crippen LogP contribution in [0.1, 0.15) is 57.9 Å². The van der Waals surface area contributed by atoms with Crippen LogP contribution in [0, 0.1) is 11.8 Å². The summed E-state index contributed by atoms with van der Waals surface area (Å²) in [6.45, 7) is 4.58. The normalized spacial score (nSPS) is 27.6. The molecule has 1 saturated heterocycles. The van der Waals surface area contributed by atoms with Crippen LogP contribution in [-0.4, -0.2) is 29.3 Å². The molecule has 8 heteroatoms. The Morgan fingerprint density at radius 2 is 2.21 bits per heavy atom. The molecule has 0 amide bonds. The number of rotatable bonds is 8. The lowest BCUT2D eigenvalue weighted by atomic mass is 10.0. The number of aromatic nitrogens is 1. The minimum Gasteiger partial charge on any atom is -0.468 e. The van der Waals surface area contributed by atoms with Crippen molar-refractivity contribution in [2.24, 2.45) is 11.8 Å². The van der Waals surface area contributed by atoms with Gasteiger partial charge in [-0.15, -0.1) is 0 Å². The summed E-state index contributed by atoms with van der Waals surface area (Å²) >= 11 is 0. The molecule has 1 aliphatic heterocycles. The maximum Gasteiger partial charge on any atom is 0.421 e. The van der Waals surface area contributed by atoms with Crippen molar-refractivity contribution in [1.82, 2.24) is 10.3 Å². The molecule has 2 heterocycles. The molecule has 1 unspecified atom stereocenters. The number of alkyl halides is 3. The first-order valence-corrected chi connectivity index (χ1v) is 9.92. The minimum absolute atomic E-state index is 0.200. The summed E-state index contributed by atoms with van der Waals surface area (Å²) in [6, 6.07) is 2.17. The molecule has 1 aromatic rings. The molecule has 4 atom stereocenters. The van der Waals surface area contributed by atoms with Crippen LogP contribution < -0.4 is 10.1 Å². The minimum atomic E-state index is -4.56. The van der Waals surface area contributed by atoms with Gasteiger partial charge in [-0.05, 0) is 30.9 Å². The zero-order valence-electron chi connectivity index (χ0n) is 16.2. The van der Waals surface area contributed by atoms with E-state index in [-0.39, 0.29) is 17.8 Å². The lowest BCUT2D eigenvalue weighted by Gasteiger charge is -2.36. The molecule has 1 aromatic heterocycles. The topological polar surface area (TPSA) is 60.5 Å². The van der Waals surface area contributed by atoms with Crippen LogP contribution >= 0.6 is 0 Å². The van der Waals surface area contributed by atoms with Gasteiger partial charge in [0.1, 0.15) is 5.56 Å². The molecule has 2 aliphatic rings. The Morgan fingerprint density at radius 1 is 1.43 bits per heavy atom. The lowest BCUT2D eigenvalue weighted by molar-refractivity contribution is -0.177. The largest absolute Gasteiger partial charge is 0.468 e. The molecule has 2 bridgehead atoms. The van der Waals surface area contributed by atoms with E-state index in [4.69, 9.17) is 9.47 Å². The van der Waals surface area contributed by atoms with Crippen LogP contribution in [0.3, 0.4) is 0 Å². The second-order valence-corrected chi connectivity index (χ2v) is 7.85. The summed E-state index contributed by atoms with van der Waals surface area (Å²) in [6.07, 6.45) is 0.859. The first kappa shape index (κ1) is 20.9.